The molecule has 6 heteroatoms. The van der Waals surface area contributed by atoms with Gasteiger partial charge in [-0.15, -0.1) is 0 Å². The number of ether oxygens (including phenoxy) is 4. The van der Waals surface area contributed by atoms with Gasteiger partial charge in [0.2, 0.25) is 0 Å². The van der Waals surface area contributed by atoms with Crippen molar-refractivity contribution in [1.82, 2.24) is 0 Å². The maximum atomic E-state index is 6.51. The molecule has 4 aromatic carbocycles. The largest absolute Gasteiger partial charge is 0.497 e. The maximum absolute atomic E-state index is 6.51. The van der Waals surface area contributed by atoms with Crippen molar-refractivity contribution >= 4 is 0 Å². The fourth-order valence-corrected chi connectivity index (χ4v) is 4.93. The molecular weight excluding hydrogens is 552 g/mol. The van der Waals surface area contributed by atoms with Crippen LogP contribution in [0.1, 0.15) is 0 Å². The Kier molecular flexibility index (Phi) is 8.23. The molecule has 0 atom stereocenters. The van der Waals surface area contributed by atoms with Gasteiger partial charge in [-0.1, -0.05) is 0 Å². The summed E-state index contributed by atoms with van der Waals surface area (Å²) in [6, 6.07) is 39.6. The molecule has 0 N–H and O–H groups in total. The minimum Gasteiger partial charge on any atom is -0.497 e. The molecule has 0 fully saturated rings. The molecule has 0 saturated carbocycles. The summed E-state index contributed by atoms with van der Waals surface area (Å²) in [5, 5.41) is 0. The van der Waals surface area contributed by atoms with Crippen LogP contribution in [-0.2, 0) is 0 Å². The Bertz CT molecular complexity index is 1590. The second-order valence-electron chi connectivity index (χ2n) is 10.1. The average Bonchev–Trinajstić information content (AvgIpc) is 3.11. The molecule has 0 spiro atoms. The van der Waals surface area contributed by atoms with Gasteiger partial charge in [0, 0.05) is 11.1 Å². The van der Waals surface area contributed by atoms with Crippen LogP contribution in [0.3, 0.4) is 0 Å². The van der Waals surface area contributed by atoms with Gasteiger partial charge in [0.15, 0.2) is 0 Å². The summed E-state index contributed by atoms with van der Waals surface area (Å²) in [6.07, 6.45) is 0. The summed E-state index contributed by atoms with van der Waals surface area (Å²) in [4.78, 5) is 0. The first kappa shape index (κ1) is 28.5. The van der Waals surface area contributed by atoms with Crippen LogP contribution in [0.2, 0.25) is 0 Å². The molecular formula is C38H32O6+2. The molecule has 6 rings (SSSR count). The topological polar surface area (TPSA) is 59.5 Å². The minimum atomic E-state index is 0.716. The van der Waals surface area contributed by atoms with Crippen molar-refractivity contribution in [1.29, 1.82) is 0 Å². The van der Waals surface area contributed by atoms with E-state index in [1.165, 1.54) is 0 Å². The van der Waals surface area contributed by atoms with E-state index in [0.29, 0.717) is 23.0 Å². The highest BCUT2D eigenvalue weighted by molar-refractivity contribution is 5.79. The van der Waals surface area contributed by atoms with Gasteiger partial charge in [-0.25, -0.2) is 8.83 Å². The second-order valence-corrected chi connectivity index (χ2v) is 10.1. The van der Waals surface area contributed by atoms with Gasteiger partial charge in [-0.05, 0) is 97.1 Å². The molecule has 0 aliphatic rings. The molecule has 0 aliphatic heterocycles. The SMILES string of the molecule is COc1ccc(-c2cc(-c3cc(-c4ccc(OC)cc4)[o+]c(-c4ccc(OC)cc4)c3)cc(-c3ccc(OC)cc3)[o+]2)cc1. The molecule has 44 heavy (non-hydrogen) atoms. The highest BCUT2D eigenvalue weighted by Gasteiger charge is 2.25. The molecule has 0 bridgehead atoms. The summed E-state index contributed by atoms with van der Waals surface area (Å²) in [6.45, 7) is 0. The summed E-state index contributed by atoms with van der Waals surface area (Å²) in [5.74, 6) is 5.97. The standard InChI is InChI=1S/C38H32O6/c1-39-31-13-5-25(6-14-31)35-21-29(22-36(43-35)26-7-15-32(40-2)16-8-26)30-23-37(27-9-17-33(41-3)18-10-27)44-38(24-30)28-11-19-34(42-4)20-12-28/h5-24H,1-4H3/q+2. The lowest BCUT2D eigenvalue weighted by molar-refractivity contribution is 0.414. The molecule has 2 aromatic heterocycles. The zero-order valence-electron chi connectivity index (χ0n) is 25.0. The van der Waals surface area contributed by atoms with Crippen molar-refractivity contribution in [2.24, 2.45) is 0 Å². The van der Waals surface area contributed by atoms with Gasteiger partial charge in [-0.2, -0.15) is 0 Å². The van der Waals surface area contributed by atoms with Crippen molar-refractivity contribution in [2.75, 3.05) is 28.4 Å². The number of methoxy groups -OCH3 is 4. The van der Waals surface area contributed by atoms with Crippen molar-refractivity contribution in [3.05, 3.63) is 121 Å². The van der Waals surface area contributed by atoms with Gasteiger partial charge in [0.1, 0.15) is 23.0 Å². The Balaban J connectivity index is 1.54. The molecule has 0 saturated heterocycles. The van der Waals surface area contributed by atoms with E-state index in [1.807, 2.05) is 97.1 Å². The van der Waals surface area contributed by atoms with Crippen LogP contribution in [0.5, 0.6) is 23.0 Å². The normalized spacial score (nSPS) is 10.7. The highest BCUT2D eigenvalue weighted by Crippen LogP contribution is 2.38. The van der Waals surface area contributed by atoms with Crippen molar-refractivity contribution in [2.45, 2.75) is 0 Å². The first-order valence-electron chi connectivity index (χ1n) is 14.1. The molecule has 6 nitrogen and oxygen atoms in total. The third-order valence-electron chi connectivity index (χ3n) is 7.42. The van der Waals surface area contributed by atoms with Crippen LogP contribution < -0.4 is 18.9 Å². The van der Waals surface area contributed by atoms with E-state index in [4.69, 9.17) is 27.8 Å². The van der Waals surface area contributed by atoms with E-state index >= 15 is 0 Å². The first-order chi connectivity index (χ1) is 21.6. The van der Waals surface area contributed by atoms with Crippen molar-refractivity contribution in [3.8, 4) is 79.4 Å². The smallest absolute Gasteiger partial charge is 0.361 e. The molecule has 218 valence electrons. The van der Waals surface area contributed by atoms with Gasteiger partial charge < -0.3 is 18.9 Å². The van der Waals surface area contributed by atoms with E-state index < -0.39 is 0 Å². The molecule has 2 heterocycles. The zero-order valence-corrected chi connectivity index (χ0v) is 25.0. The summed E-state index contributed by atoms with van der Waals surface area (Å²) < 4.78 is 34.5. The predicted octanol–water partition coefficient (Wildman–Crippen LogP) is 9.80. The molecule has 6 aromatic rings. The fourth-order valence-electron chi connectivity index (χ4n) is 4.93. The number of hydrogen-bond acceptors (Lipinski definition) is 4. The minimum absolute atomic E-state index is 0.716. The Morgan fingerprint density at radius 3 is 0.682 bits per heavy atom. The van der Waals surface area contributed by atoms with E-state index in [-0.39, 0.29) is 0 Å². The van der Waals surface area contributed by atoms with Crippen LogP contribution in [0.4, 0.5) is 0 Å². The average molecular weight is 585 g/mol. The quantitative estimate of drug-likeness (QED) is 0.158. The number of benzene rings is 4. The lowest BCUT2D eigenvalue weighted by Crippen LogP contribution is -1.90. The number of hydrogen-bond donors (Lipinski definition) is 0. The lowest BCUT2D eigenvalue weighted by Gasteiger charge is -2.05. The van der Waals surface area contributed by atoms with Gasteiger partial charge in [0.25, 0.3) is 0 Å². The Labute approximate surface area is 256 Å². The van der Waals surface area contributed by atoms with Gasteiger partial charge in [0.05, 0.1) is 75.0 Å². The molecule has 0 unspecified atom stereocenters. The zero-order chi connectivity index (χ0) is 30.5. The van der Waals surface area contributed by atoms with Crippen LogP contribution >= 0.6 is 0 Å². The lowest BCUT2D eigenvalue weighted by atomic mass is 9.99. The van der Waals surface area contributed by atoms with Gasteiger partial charge in [-0.3, -0.25) is 0 Å². The van der Waals surface area contributed by atoms with Crippen LogP contribution in [0, 0.1) is 0 Å². The fraction of sp³-hybridized carbons (Fsp3) is 0.105. The maximum Gasteiger partial charge on any atom is 0.361 e. The Hall–Kier alpha value is -5.62. The van der Waals surface area contributed by atoms with Crippen molar-refractivity contribution < 1.29 is 27.8 Å². The summed E-state index contributed by atoms with van der Waals surface area (Å²) in [7, 11) is 6.62. The van der Waals surface area contributed by atoms with Crippen LogP contribution in [-0.4, -0.2) is 28.4 Å². The summed E-state index contributed by atoms with van der Waals surface area (Å²) in [5.41, 5.74) is 5.63. The van der Waals surface area contributed by atoms with Gasteiger partial charge >= 0.3 is 23.0 Å². The predicted molar refractivity (Wildman–Crippen MR) is 173 cm³/mol. The molecule has 0 aliphatic carbocycles. The molecule has 0 amide bonds. The third-order valence-corrected chi connectivity index (χ3v) is 7.42. The van der Waals surface area contributed by atoms with E-state index in [1.54, 1.807) is 28.4 Å². The highest BCUT2D eigenvalue weighted by atomic mass is 16.5. The monoisotopic (exact) mass is 584 g/mol. The van der Waals surface area contributed by atoms with Crippen molar-refractivity contribution in [3.63, 3.8) is 0 Å². The Morgan fingerprint density at radius 1 is 0.295 bits per heavy atom. The first-order valence-corrected chi connectivity index (χ1v) is 14.1. The third kappa shape index (κ3) is 6.10. The second kappa shape index (κ2) is 12.7. The summed E-state index contributed by atoms with van der Waals surface area (Å²) >= 11 is 0. The van der Waals surface area contributed by atoms with E-state index in [0.717, 1.165) is 56.4 Å². The van der Waals surface area contributed by atoms with E-state index in [2.05, 4.69) is 24.3 Å². The molecule has 0 radical (unpaired) electrons. The number of rotatable bonds is 9. The van der Waals surface area contributed by atoms with Crippen LogP contribution in [0.25, 0.3) is 56.4 Å². The van der Waals surface area contributed by atoms with Crippen LogP contribution in [0.15, 0.2) is 130 Å². The Morgan fingerprint density at radius 2 is 0.500 bits per heavy atom. The van der Waals surface area contributed by atoms with E-state index in [9.17, 15) is 0 Å².